The highest BCUT2D eigenvalue weighted by Crippen LogP contribution is 2.30. The van der Waals surface area contributed by atoms with E-state index in [0.717, 1.165) is 16.6 Å². The lowest BCUT2D eigenvalue weighted by Crippen LogP contribution is -2.16. The first kappa shape index (κ1) is 19.7. The second-order valence-corrected chi connectivity index (χ2v) is 6.84. The summed E-state index contributed by atoms with van der Waals surface area (Å²) in [7, 11) is 1.86. The lowest BCUT2D eigenvalue weighted by Gasteiger charge is -2.12. The maximum absolute atomic E-state index is 12.8. The minimum Gasteiger partial charge on any atom is -0.420 e. The van der Waals surface area contributed by atoms with Crippen molar-refractivity contribution in [2.24, 2.45) is 7.05 Å². The fourth-order valence-electron chi connectivity index (χ4n) is 3.03. The molecule has 2 aromatic carbocycles. The summed E-state index contributed by atoms with van der Waals surface area (Å²) in [4.78, 5) is 25.2. The lowest BCUT2D eigenvalue weighted by atomic mass is 10.0. The number of imidazole rings is 1. The van der Waals surface area contributed by atoms with Gasteiger partial charge in [0.15, 0.2) is 0 Å². The van der Waals surface area contributed by atoms with Crippen molar-refractivity contribution in [3.63, 3.8) is 0 Å². The molecule has 0 atom stereocenters. The molecule has 0 saturated heterocycles. The third-order valence-electron chi connectivity index (χ3n) is 4.29. The first-order valence-corrected chi connectivity index (χ1v) is 9.05. The summed E-state index contributed by atoms with van der Waals surface area (Å²) in [6.45, 7) is 0. The van der Waals surface area contributed by atoms with Gasteiger partial charge in [0.25, 0.3) is 5.91 Å². The molecule has 152 valence electrons. The molecule has 4 aromatic rings. The third-order valence-corrected chi connectivity index (χ3v) is 4.37. The average Bonchev–Trinajstić information content (AvgIpc) is 3.09. The van der Waals surface area contributed by atoms with Crippen LogP contribution in [0.4, 0.5) is 14.5 Å². The number of benzene rings is 2. The Morgan fingerprint density at radius 2 is 1.87 bits per heavy atom. The van der Waals surface area contributed by atoms with Crippen molar-refractivity contribution in [2.45, 2.75) is 5.57 Å². The van der Waals surface area contributed by atoms with Crippen LogP contribution in [0.3, 0.4) is 0 Å². The zero-order valence-electron chi connectivity index (χ0n) is 15.5. The number of hydrogen-bond donors (Lipinski definition) is 1. The molecular formula is C20H14ClF2N5O2. The number of anilines is 1. The van der Waals surface area contributed by atoms with Crippen LogP contribution in [-0.2, 0) is 7.05 Å². The summed E-state index contributed by atoms with van der Waals surface area (Å²) in [5.74, 6) is -0.522. The van der Waals surface area contributed by atoms with E-state index in [1.807, 2.05) is 11.6 Å². The maximum Gasteiger partial charge on any atom is 0.487 e. The van der Waals surface area contributed by atoms with Crippen molar-refractivity contribution in [3.8, 4) is 16.9 Å². The van der Waals surface area contributed by atoms with E-state index in [1.54, 1.807) is 30.9 Å². The van der Waals surface area contributed by atoms with E-state index in [0.29, 0.717) is 16.8 Å². The Kier molecular flexibility index (Phi) is 5.04. The van der Waals surface area contributed by atoms with E-state index < -0.39 is 11.5 Å². The fourth-order valence-corrected chi connectivity index (χ4v) is 3.12. The molecule has 0 fully saturated rings. The molecule has 0 aliphatic heterocycles. The number of carbonyl (C=O) groups is 1. The van der Waals surface area contributed by atoms with Gasteiger partial charge in [-0.3, -0.25) is 4.79 Å². The highest BCUT2D eigenvalue weighted by molar-refractivity contribution is 6.20. The van der Waals surface area contributed by atoms with E-state index in [1.165, 1.54) is 30.6 Å². The minimum atomic E-state index is -3.81. The number of amides is 1. The predicted octanol–water partition coefficient (Wildman–Crippen LogP) is 4.45. The Bertz CT molecular complexity index is 1210. The van der Waals surface area contributed by atoms with Gasteiger partial charge in [0.1, 0.15) is 12.1 Å². The first-order valence-electron chi connectivity index (χ1n) is 8.68. The van der Waals surface area contributed by atoms with E-state index in [-0.39, 0.29) is 5.75 Å². The molecule has 7 nitrogen and oxygen atoms in total. The summed E-state index contributed by atoms with van der Waals surface area (Å²) in [5, 5.41) is 2.72. The largest absolute Gasteiger partial charge is 0.487 e. The van der Waals surface area contributed by atoms with Gasteiger partial charge < -0.3 is 14.6 Å². The van der Waals surface area contributed by atoms with Crippen LogP contribution in [0.2, 0.25) is 0 Å². The quantitative estimate of drug-likeness (QED) is 0.474. The highest BCUT2D eigenvalue weighted by Gasteiger charge is 2.27. The molecule has 10 heteroatoms. The standard InChI is InChI=1S/C20H14ClF2N5O2/c1-28-11-26-17-7-12(6-16(18(17)28)13-8-24-10-25-9-13)19(29)27-14-2-4-15(5-3-14)30-20(21,22)23/h2-11H,1H3,(H,27,29). The van der Waals surface area contributed by atoms with E-state index in [9.17, 15) is 13.6 Å². The number of nitrogens with zero attached hydrogens (tertiary/aromatic N) is 4. The van der Waals surface area contributed by atoms with Gasteiger partial charge in [-0.2, -0.15) is 0 Å². The molecule has 0 saturated carbocycles. The lowest BCUT2D eigenvalue weighted by molar-refractivity contribution is -0.0964. The van der Waals surface area contributed by atoms with Gasteiger partial charge in [-0.05, 0) is 36.4 Å². The van der Waals surface area contributed by atoms with Crippen LogP contribution in [0, 0.1) is 0 Å². The summed E-state index contributed by atoms with van der Waals surface area (Å²) < 4.78 is 31.5. The van der Waals surface area contributed by atoms with E-state index in [2.05, 4.69) is 25.0 Å². The third kappa shape index (κ3) is 4.20. The molecule has 30 heavy (non-hydrogen) atoms. The van der Waals surface area contributed by atoms with Gasteiger partial charge in [-0.25, -0.2) is 15.0 Å². The zero-order chi connectivity index (χ0) is 21.3. The van der Waals surface area contributed by atoms with Gasteiger partial charge in [0.2, 0.25) is 0 Å². The number of hydrogen-bond acceptors (Lipinski definition) is 5. The molecule has 1 N–H and O–H groups in total. The summed E-state index contributed by atoms with van der Waals surface area (Å²) in [6, 6.07) is 8.82. The molecule has 0 aliphatic rings. The van der Waals surface area contributed by atoms with Gasteiger partial charge in [-0.1, -0.05) is 0 Å². The highest BCUT2D eigenvalue weighted by atomic mass is 35.5. The minimum absolute atomic E-state index is 0.130. The van der Waals surface area contributed by atoms with Crippen molar-refractivity contribution in [1.82, 2.24) is 19.5 Å². The SMILES string of the molecule is Cn1cnc2cc(C(=O)Nc3ccc(OC(F)(F)Cl)cc3)cc(-c3cncnc3)c21. The number of fused-ring (bicyclic) bond motifs is 1. The van der Waals surface area contributed by atoms with Crippen LogP contribution in [0.25, 0.3) is 22.2 Å². The van der Waals surface area contributed by atoms with Gasteiger partial charge in [0.05, 0.1) is 17.4 Å². The van der Waals surface area contributed by atoms with Gasteiger partial charge in [0, 0.05) is 53.4 Å². The van der Waals surface area contributed by atoms with Gasteiger partial charge in [-0.15, -0.1) is 8.78 Å². The second kappa shape index (κ2) is 7.68. The molecule has 4 rings (SSSR count). The maximum atomic E-state index is 12.8. The number of carbonyl (C=O) groups excluding carboxylic acids is 1. The topological polar surface area (TPSA) is 81.9 Å². The predicted molar refractivity (Wildman–Crippen MR) is 108 cm³/mol. The molecule has 0 spiro atoms. The molecule has 0 radical (unpaired) electrons. The van der Waals surface area contributed by atoms with Crippen molar-refractivity contribution in [1.29, 1.82) is 0 Å². The number of rotatable bonds is 5. The van der Waals surface area contributed by atoms with Crippen molar-refractivity contribution < 1.29 is 18.3 Å². The van der Waals surface area contributed by atoms with E-state index >= 15 is 0 Å². The Morgan fingerprint density at radius 1 is 1.17 bits per heavy atom. The molecule has 0 bridgehead atoms. The number of nitrogens with one attached hydrogen (secondary N) is 1. The van der Waals surface area contributed by atoms with E-state index in [4.69, 9.17) is 11.6 Å². The summed E-state index contributed by atoms with van der Waals surface area (Å²) in [5.41, 5.74) is -0.0680. The zero-order valence-corrected chi connectivity index (χ0v) is 16.3. The molecule has 0 unspecified atom stereocenters. The number of aryl methyl sites for hydroxylation is 1. The molecule has 0 aliphatic carbocycles. The van der Waals surface area contributed by atoms with Crippen molar-refractivity contribution in [3.05, 3.63) is 67.0 Å². The Hall–Kier alpha value is -3.59. The van der Waals surface area contributed by atoms with Crippen LogP contribution < -0.4 is 10.1 Å². The van der Waals surface area contributed by atoms with Crippen LogP contribution in [0.15, 0.2) is 61.4 Å². The number of ether oxygens (including phenoxy) is 1. The second-order valence-electron chi connectivity index (χ2n) is 6.40. The fraction of sp³-hybridized carbons (Fsp3) is 0.100. The number of aromatic nitrogens is 4. The number of halogens is 3. The molecular weight excluding hydrogens is 416 g/mol. The molecule has 2 heterocycles. The normalized spacial score (nSPS) is 11.5. The summed E-state index contributed by atoms with van der Waals surface area (Å²) in [6.07, 6.45) is 6.39. The first-order chi connectivity index (χ1) is 14.3. The van der Waals surface area contributed by atoms with Crippen molar-refractivity contribution in [2.75, 3.05) is 5.32 Å². The van der Waals surface area contributed by atoms with Gasteiger partial charge >= 0.3 is 5.57 Å². The summed E-state index contributed by atoms with van der Waals surface area (Å²) >= 11 is 4.74. The smallest absolute Gasteiger partial charge is 0.420 e. The number of alkyl halides is 3. The van der Waals surface area contributed by atoms with Crippen molar-refractivity contribution >= 4 is 34.2 Å². The average molecular weight is 430 g/mol. The van der Waals surface area contributed by atoms with Crippen LogP contribution >= 0.6 is 11.6 Å². The molecule has 2 aromatic heterocycles. The Morgan fingerprint density at radius 3 is 2.53 bits per heavy atom. The molecule has 1 amide bonds. The monoisotopic (exact) mass is 429 g/mol. The van der Waals surface area contributed by atoms with Crippen LogP contribution in [0.1, 0.15) is 10.4 Å². The van der Waals surface area contributed by atoms with Crippen LogP contribution in [-0.4, -0.2) is 31.0 Å². The Labute approximate surface area is 174 Å². The van der Waals surface area contributed by atoms with Crippen LogP contribution in [0.5, 0.6) is 5.75 Å². The Balaban J connectivity index is 1.64.